The van der Waals surface area contributed by atoms with Crippen molar-refractivity contribution in [1.82, 2.24) is 15.3 Å². The van der Waals surface area contributed by atoms with Crippen molar-refractivity contribution >= 4 is 5.95 Å². The Morgan fingerprint density at radius 2 is 2.00 bits per heavy atom. The topological polar surface area (TPSA) is 41.1 Å². The molecule has 0 amide bonds. The summed E-state index contributed by atoms with van der Waals surface area (Å²) in [5.41, 5.74) is 1.17. The molecule has 1 unspecified atom stereocenters. The maximum atomic E-state index is 4.61. The van der Waals surface area contributed by atoms with Crippen molar-refractivity contribution in [2.45, 2.75) is 65.5 Å². The highest BCUT2D eigenvalue weighted by Crippen LogP contribution is 2.22. The van der Waals surface area contributed by atoms with Crippen molar-refractivity contribution < 1.29 is 0 Å². The first-order chi connectivity index (χ1) is 10.2. The van der Waals surface area contributed by atoms with Crippen LogP contribution in [0.3, 0.4) is 0 Å². The third-order valence-electron chi connectivity index (χ3n) is 4.18. The van der Waals surface area contributed by atoms with E-state index in [9.17, 15) is 0 Å². The fourth-order valence-corrected chi connectivity index (χ4v) is 2.96. The van der Waals surface area contributed by atoms with Crippen LogP contribution in [0, 0.1) is 5.92 Å². The summed E-state index contributed by atoms with van der Waals surface area (Å²) in [5, 5.41) is 3.44. The molecule has 1 aliphatic rings. The lowest BCUT2D eigenvalue weighted by Crippen LogP contribution is -2.35. The molecule has 2 rings (SSSR count). The van der Waals surface area contributed by atoms with E-state index in [1.165, 1.54) is 37.7 Å². The summed E-state index contributed by atoms with van der Waals surface area (Å²) < 4.78 is 0. The lowest BCUT2D eigenvalue weighted by atomic mass is 10.1. The number of hydrogen-bond donors (Lipinski definition) is 1. The highest BCUT2D eigenvalue weighted by molar-refractivity contribution is 5.32. The Labute approximate surface area is 129 Å². The number of nitrogens with one attached hydrogen (secondary N) is 1. The molecule has 2 heterocycles. The standard InChI is InChI=1S/C17H30N4/c1-4-16-8-6-5-7-9-21(16)17-19-12-15(13-20-17)11-18-10-14(2)3/h12-14,16,18H,4-11H2,1-3H3. The van der Waals surface area contributed by atoms with Gasteiger partial charge in [0.15, 0.2) is 0 Å². The molecular formula is C17H30N4. The van der Waals surface area contributed by atoms with Crippen LogP contribution in [0.2, 0.25) is 0 Å². The molecule has 4 heteroatoms. The molecule has 1 atom stereocenters. The summed E-state index contributed by atoms with van der Waals surface area (Å²) in [6.45, 7) is 9.70. The van der Waals surface area contributed by atoms with Crippen molar-refractivity contribution in [2.24, 2.45) is 5.92 Å². The molecular weight excluding hydrogens is 260 g/mol. The largest absolute Gasteiger partial charge is 0.338 e. The van der Waals surface area contributed by atoms with E-state index in [2.05, 4.69) is 41.0 Å². The van der Waals surface area contributed by atoms with Gasteiger partial charge in [0.2, 0.25) is 5.95 Å². The minimum absolute atomic E-state index is 0.609. The number of nitrogens with zero attached hydrogens (tertiary/aromatic N) is 3. The lowest BCUT2D eigenvalue weighted by Gasteiger charge is -2.29. The summed E-state index contributed by atoms with van der Waals surface area (Å²) in [5.74, 6) is 1.59. The third-order valence-corrected chi connectivity index (χ3v) is 4.18. The Bertz CT molecular complexity index is 402. The quantitative estimate of drug-likeness (QED) is 0.872. The third kappa shape index (κ3) is 4.95. The van der Waals surface area contributed by atoms with E-state index in [0.717, 1.165) is 25.6 Å². The van der Waals surface area contributed by atoms with Crippen LogP contribution in [0.1, 0.15) is 58.4 Å². The molecule has 0 aliphatic carbocycles. The molecule has 1 fully saturated rings. The van der Waals surface area contributed by atoms with Gasteiger partial charge in [-0.15, -0.1) is 0 Å². The molecule has 0 spiro atoms. The van der Waals surface area contributed by atoms with Crippen molar-refractivity contribution in [3.8, 4) is 0 Å². The SMILES string of the molecule is CCC1CCCCCN1c1ncc(CNCC(C)C)cn1. The molecule has 1 saturated heterocycles. The van der Waals surface area contributed by atoms with Crippen molar-refractivity contribution in [3.63, 3.8) is 0 Å². The normalized spacial score (nSPS) is 19.8. The molecule has 21 heavy (non-hydrogen) atoms. The minimum atomic E-state index is 0.609. The maximum Gasteiger partial charge on any atom is 0.225 e. The second-order valence-corrected chi connectivity index (χ2v) is 6.52. The Morgan fingerprint density at radius 3 is 2.67 bits per heavy atom. The number of aromatic nitrogens is 2. The van der Waals surface area contributed by atoms with Crippen molar-refractivity contribution in [1.29, 1.82) is 0 Å². The van der Waals surface area contributed by atoms with Gasteiger partial charge in [0.25, 0.3) is 0 Å². The van der Waals surface area contributed by atoms with E-state index < -0.39 is 0 Å². The molecule has 0 saturated carbocycles. The van der Waals surface area contributed by atoms with Crippen LogP contribution >= 0.6 is 0 Å². The van der Waals surface area contributed by atoms with Gasteiger partial charge in [0.05, 0.1) is 0 Å². The van der Waals surface area contributed by atoms with Gasteiger partial charge in [-0.3, -0.25) is 0 Å². The van der Waals surface area contributed by atoms with Crippen LogP contribution in [0.15, 0.2) is 12.4 Å². The van der Waals surface area contributed by atoms with Crippen LogP contribution in [-0.4, -0.2) is 29.1 Å². The first-order valence-corrected chi connectivity index (χ1v) is 8.49. The molecule has 0 aromatic carbocycles. The van der Waals surface area contributed by atoms with E-state index >= 15 is 0 Å². The monoisotopic (exact) mass is 290 g/mol. The maximum absolute atomic E-state index is 4.61. The van der Waals surface area contributed by atoms with Gasteiger partial charge in [0, 0.05) is 37.1 Å². The van der Waals surface area contributed by atoms with Gasteiger partial charge in [-0.25, -0.2) is 9.97 Å². The number of anilines is 1. The van der Waals surface area contributed by atoms with E-state index in [1.807, 2.05) is 12.4 Å². The van der Waals surface area contributed by atoms with Crippen LogP contribution in [-0.2, 0) is 6.54 Å². The van der Waals surface area contributed by atoms with Crippen LogP contribution < -0.4 is 10.2 Å². The van der Waals surface area contributed by atoms with Crippen LogP contribution in [0.25, 0.3) is 0 Å². The molecule has 0 radical (unpaired) electrons. The lowest BCUT2D eigenvalue weighted by molar-refractivity contribution is 0.543. The zero-order valence-corrected chi connectivity index (χ0v) is 13.8. The average Bonchev–Trinajstić information content (AvgIpc) is 2.73. The molecule has 118 valence electrons. The Kier molecular flexibility index (Phi) is 6.43. The summed E-state index contributed by atoms with van der Waals surface area (Å²) in [6.07, 6.45) is 10.4. The highest BCUT2D eigenvalue weighted by atomic mass is 15.3. The van der Waals surface area contributed by atoms with Gasteiger partial charge in [-0.05, 0) is 31.7 Å². The number of rotatable bonds is 6. The van der Waals surface area contributed by atoms with Gasteiger partial charge in [-0.1, -0.05) is 33.6 Å². The summed E-state index contributed by atoms with van der Waals surface area (Å²) in [7, 11) is 0. The summed E-state index contributed by atoms with van der Waals surface area (Å²) in [4.78, 5) is 11.6. The predicted octanol–water partition coefficient (Wildman–Crippen LogP) is 3.38. The second-order valence-electron chi connectivity index (χ2n) is 6.52. The first kappa shape index (κ1) is 16.2. The number of hydrogen-bond acceptors (Lipinski definition) is 4. The smallest absolute Gasteiger partial charge is 0.225 e. The molecule has 1 aliphatic heterocycles. The van der Waals surface area contributed by atoms with E-state index in [-0.39, 0.29) is 0 Å². The van der Waals surface area contributed by atoms with Crippen molar-refractivity contribution in [2.75, 3.05) is 18.0 Å². The van der Waals surface area contributed by atoms with Gasteiger partial charge in [0.1, 0.15) is 0 Å². The highest BCUT2D eigenvalue weighted by Gasteiger charge is 2.21. The molecule has 1 aromatic rings. The second kappa shape index (κ2) is 8.32. The Balaban J connectivity index is 1.96. The molecule has 4 nitrogen and oxygen atoms in total. The fourth-order valence-electron chi connectivity index (χ4n) is 2.96. The fraction of sp³-hybridized carbons (Fsp3) is 0.765. The van der Waals surface area contributed by atoms with Crippen molar-refractivity contribution in [3.05, 3.63) is 18.0 Å². The molecule has 0 bridgehead atoms. The summed E-state index contributed by atoms with van der Waals surface area (Å²) in [6, 6.07) is 0.609. The Morgan fingerprint density at radius 1 is 1.24 bits per heavy atom. The van der Waals surface area contributed by atoms with Crippen LogP contribution in [0.5, 0.6) is 0 Å². The molecule has 1 N–H and O–H groups in total. The first-order valence-electron chi connectivity index (χ1n) is 8.49. The molecule has 1 aromatic heterocycles. The van der Waals surface area contributed by atoms with Gasteiger partial charge in [-0.2, -0.15) is 0 Å². The van der Waals surface area contributed by atoms with Gasteiger partial charge < -0.3 is 10.2 Å². The van der Waals surface area contributed by atoms with E-state index in [4.69, 9.17) is 0 Å². The Hall–Kier alpha value is -1.16. The van der Waals surface area contributed by atoms with E-state index in [0.29, 0.717) is 12.0 Å². The zero-order chi connectivity index (χ0) is 15.1. The van der Waals surface area contributed by atoms with E-state index in [1.54, 1.807) is 0 Å². The predicted molar refractivity (Wildman–Crippen MR) is 88.5 cm³/mol. The zero-order valence-electron chi connectivity index (χ0n) is 13.8. The summed E-state index contributed by atoms with van der Waals surface area (Å²) >= 11 is 0. The minimum Gasteiger partial charge on any atom is -0.338 e. The average molecular weight is 290 g/mol. The van der Waals surface area contributed by atoms with Crippen LogP contribution in [0.4, 0.5) is 5.95 Å². The van der Waals surface area contributed by atoms with Gasteiger partial charge >= 0.3 is 0 Å².